The number of hydrogen-bond donors (Lipinski definition) is 2. The molecule has 3 aromatic heterocycles. The number of amides is 1. The molecular formula is C15H15ClN4O2S. The summed E-state index contributed by atoms with van der Waals surface area (Å²) in [4.78, 5) is 16.5. The summed E-state index contributed by atoms with van der Waals surface area (Å²) in [5.41, 5.74) is 2.22. The standard InChI is InChI=1S/C15H15ClN4O2S/c1-9(8-21)6-17-14(22)15-19-12(13(16)23-15)10-7-18-20-5-3-2-4-11(10)20/h2-5,7,9,21H,6,8H2,1H3,(H,17,22). The van der Waals surface area contributed by atoms with Crippen molar-refractivity contribution < 1.29 is 9.90 Å². The predicted molar refractivity (Wildman–Crippen MR) is 89.9 cm³/mol. The molecular weight excluding hydrogens is 336 g/mol. The summed E-state index contributed by atoms with van der Waals surface area (Å²) in [5, 5.41) is 16.3. The van der Waals surface area contributed by atoms with Crippen molar-refractivity contribution in [2.75, 3.05) is 13.2 Å². The lowest BCUT2D eigenvalue weighted by molar-refractivity contribution is 0.0942. The van der Waals surface area contributed by atoms with Crippen LogP contribution in [0, 0.1) is 5.92 Å². The lowest BCUT2D eigenvalue weighted by Gasteiger charge is -2.07. The third-order valence-electron chi connectivity index (χ3n) is 3.38. The molecule has 3 heterocycles. The Morgan fingerprint density at radius 3 is 3.13 bits per heavy atom. The Balaban J connectivity index is 1.88. The van der Waals surface area contributed by atoms with Crippen LogP contribution in [0.1, 0.15) is 16.7 Å². The molecule has 3 aromatic rings. The number of rotatable bonds is 5. The molecule has 0 saturated heterocycles. The van der Waals surface area contributed by atoms with Gasteiger partial charge in [-0.1, -0.05) is 35.9 Å². The number of aromatic nitrogens is 3. The van der Waals surface area contributed by atoms with Crippen molar-refractivity contribution in [3.8, 4) is 11.3 Å². The van der Waals surface area contributed by atoms with Gasteiger partial charge in [-0.25, -0.2) is 9.50 Å². The average Bonchev–Trinajstić information content (AvgIpc) is 3.15. The minimum Gasteiger partial charge on any atom is -0.396 e. The first-order valence-corrected chi connectivity index (χ1v) is 8.27. The minimum absolute atomic E-state index is 0.00604. The van der Waals surface area contributed by atoms with Crippen LogP contribution in [0.4, 0.5) is 0 Å². The second-order valence-electron chi connectivity index (χ2n) is 5.23. The number of halogens is 1. The first-order valence-electron chi connectivity index (χ1n) is 7.08. The molecule has 120 valence electrons. The van der Waals surface area contributed by atoms with Crippen LogP contribution in [-0.4, -0.2) is 38.8 Å². The summed E-state index contributed by atoms with van der Waals surface area (Å²) in [5.74, 6) is -0.298. The molecule has 0 radical (unpaired) electrons. The van der Waals surface area contributed by atoms with Gasteiger partial charge >= 0.3 is 0 Å². The number of pyridine rings is 1. The number of carbonyl (C=O) groups excluding carboxylic acids is 1. The van der Waals surface area contributed by atoms with Crippen LogP contribution >= 0.6 is 22.9 Å². The van der Waals surface area contributed by atoms with Crippen LogP contribution in [0.25, 0.3) is 16.8 Å². The van der Waals surface area contributed by atoms with Gasteiger partial charge in [-0.15, -0.1) is 0 Å². The van der Waals surface area contributed by atoms with Gasteiger partial charge in [-0.05, 0) is 18.1 Å². The van der Waals surface area contributed by atoms with E-state index < -0.39 is 0 Å². The highest BCUT2D eigenvalue weighted by molar-refractivity contribution is 7.18. The van der Waals surface area contributed by atoms with Gasteiger partial charge in [-0.2, -0.15) is 5.10 Å². The van der Waals surface area contributed by atoms with Crippen LogP contribution in [0.3, 0.4) is 0 Å². The number of aliphatic hydroxyl groups excluding tert-OH is 1. The summed E-state index contributed by atoms with van der Waals surface area (Å²) in [6, 6.07) is 5.71. The summed E-state index contributed by atoms with van der Waals surface area (Å²) in [6.07, 6.45) is 3.52. The lowest BCUT2D eigenvalue weighted by atomic mass is 10.2. The number of thiazole rings is 1. The zero-order valence-electron chi connectivity index (χ0n) is 12.4. The van der Waals surface area contributed by atoms with E-state index in [4.69, 9.17) is 16.7 Å². The first-order chi connectivity index (χ1) is 11.1. The van der Waals surface area contributed by atoms with Gasteiger partial charge in [0.15, 0.2) is 5.01 Å². The van der Waals surface area contributed by atoms with E-state index in [0.29, 0.717) is 21.6 Å². The van der Waals surface area contributed by atoms with E-state index in [1.165, 1.54) is 0 Å². The fourth-order valence-electron chi connectivity index (χ4n) is 2.09. The van der Waals surface area contributed by atoms with Crippen molar-refractivity contribution in [3.05, 3.63) is 39.9 Å². The molecule has 0 aromatic carbocycles. The topological polar surface area (TPSA) is 79.5 Å². The normalized spacial score (nSPS) is 12.5. The van der Waals surface area contributed by atoms with Crippen molar-refractivity contribution in [2.24, 2.45) is 5.92 Å². The zero-order chi connectivity index (χ0) is 16.4. The molecule has 8 heteroatoms. The fraction of sp³-hybridized carbons (Fsp3) is 0.267. The van der Waals surface area contributed by atoms with Crippen molar-refractivity contribution in [1.29, 1.82) is 0 Å². The molecule has 2 N–H and O–H groups in total. The summed E-state index contributed by atoms with van der Waals surface area (Å²) in [7, 11) is 0. The van der Waals surface area contributed by atoms with Gasteiger partial charge in [0.2, 0.25) is 0 Å². The van der Waals surface area contributed by atoms with Gasteiger partial charge < -0.3 is 10.4 Å². The van der Waals surface area contributed by atoms with Gasteiger partial charge in [-0.3, -0.25) is 4.79 Å². The van der Waals surface area contributed by atoms with Gasteiger partial charge in [0.1, 0.15) is 10.0 Å². The van der Waals surface area contributed by atoms with E-state index in [2.05, 4.69) is 15.4 Å². The molecule has 0 aliphatic rings. The van der Waals surface area contributed by atoms with E-state index in [1.54, 1.807) is 10.7 Å². The van der Waals surface area contributed by atoms with Crippen LogP contribution in [0.2, 0.25) is 4.34 Å². The summed E-state index contributed by atoms with van der Waals surface area (Å²) >= 11 is 7.40. The largest absolute Gasteiger partial charge is 0.396 e. The van der Waals surface area contributed by atoms with Crippen LogP contribution in [0.5, 0.6) is 0 Å². The van der Waals surface area contributed by atoms with E-state index in [0.717, 1.165) is 22.4 Å². The van der Waals surface area contributed by atoms with Gasteiger partial charge in [0, 0.05) is 24.9 Å². The third-order valence-corrected chi connectivity index (χ3v) is 4.64. The number of hydrogen-bond acceptors (Lipinski definition) is 5. The number of aliphatic hydroxyl groups is 1. The van der Waals surface area contributed by atoms with E-state index in [-0.39, 0.29) is 18.4 Å². The average molecular weight is 351 g/mol. The van der Waals surface area contributed by atoms with Crippen molar-refractivity contribution in [2.45, 2.75) is 6.92 Å². The Labute approximate surface area is 141 Å². The second-order valence-corrected chi connectivity index (χ2v) is 6.83. The SMILES string of the molecule is CC(CO)CNC(=O)c1nc(-c2cnn3ccccc23)c(Cl)s1. The second kappa shape index (κ2) is 6.66. The Hall–Kier alpha value is -1.96. The molecule has 23 heavy (non-hydrogen) atoms. The Kier molecular flexibility index (Phi) is 4.61. The van der Waals surface area contributed by atoms with E-state index >= 15 is 0 Å². The number of nitrogens with one attached hydrogen (secondary N) is 1. The Morgan fingerprint density at radius 2 is 2.35 bits per heavy atom. The van der Waals surface area contributed by atoms with Crippen molar-refractivity contribution in [3.63, 3.8) is 0 Å². The Bertz CT molecular complexity index is 845. The lowest BCUT2D eigenvalue weighted by Crippen LogP contribution is -2.29. The highest BCUT2D eigenvalue weighted by Crippen LogP contribution is 2.34. The minimum atomic E-state index is -0.292. The predicted octanol–water partition coefficient (Wildman–Crippen LogP) is 2.47. The molecule has 0 aliphatic carbocycles. The molecule has 1 amide bonds. The molecule has 0 saturated carbocycles. The summed E-state index contributed by atoms with van der Waals surface area (Å²) in [6.45, 7) is 2.25. The quantitative estimate of drug-likeness (QED) is 0.740. The molecule has 1 unspecified atom stereocenters. The smallest absolute Gasteiger partial charge is 0.280 e. The monoisotopic (exact) mass is 350 g/mol. The Morgan fingerprint density at radius 1 is 1.52 bits per heavy atom. The molecule has 3 rings (SSSR count). The molecule has 6 nitrogen and oxygen atoms in total. The van der Waals surface area contributed by atoms with Crippen molar-refractivity contribution in [1.82, 2.24) is 19.9 Å². The number of carbonyl (C=O) groups is 1. The number of fused-ring (bicyclic) bond motifs is 1. The van der Waals surface area contributed by atoms with E-state index in [9.17, 15) is 4.79 Å². The van der Waals surface area contributed by atoms with E-state index in [1.807, 2.05) is 31.3 Å². The van der Waals surface area contributed by atoms with Crippen LogP contribution < -0.4 is 5.32 Å². The molecule has 1 atom stereocenters. The maximum Gasteiger partial charge on any atom is 0.280 e. The highest BCUT2D eigenvalue weighted by Gasteiger charge is 2.19. The maximum absolute atomic E-state index is 12.1. The van der Waals surface area contributed by atoms with Crippen LogP contribution in [0.15, 0.2) is 30.6 Å². The fourth-order valence-corrected chi connectivity index (χ4v) is 3.18. The molecule has 0 aliphatic heterocycles. The maximum atomic E-state index is 12.1. The third kappa shape index (κ3) is 3.21. The van der Waals surface area contributed by atoms with Gasteiger partial charge in [0.25, 0.3) is 5.91 Å². The summed E-state index contributed by atoms with van der Waals surface area (Å²) < 4.78 is 2.18. The van der Waals surface area contributed by atoms with Gasteiger partial charge in [0.05, 0.1) is 11.7 Å². The molecule has 0 bridgehead atoms. The zero-order valence-corrected chi connectivity index (χ0v) is 13.9. The number of nitrogens with zero attached hydrogens (tertiary/aromatic N) is 3. The van der Waals surface area contributed by atoms with Crippen LogP contribution in [-0.2, 0) is 0 Å². The molecule has 0 fully saturated rings. The first kappa shape index (κ1) is 15.9. The molecule has 0 spiro atoms. The van der Waals surface area contributed by atoms with Crippen molar-refractivity contribution >= 4 is 34.4 Å². The highest BCUT2D eigenvalue weighted by atomic mass is 35.5.